The molecule has 1 aromatic carbocycles. The zero-order valence-corrected chi connectivity index (χ0v) is 50.9. The molecule has 0 aliphatic heterocycles. The van der Waals surface area contributed by atoms with Crippen molar-refractivity contribution in [2.45, 2.75) is 33.1 Å². The van der Waals surface area contributed by atoms with Crippen molar-refractivity contribution in [2.24, 2.45) is 0 Å². The lowest BCUT2D eigenvalue weighted by molar-refractivity contribution is -0.0319. The highest BCUT2D eigenvalue weighted by Crippen LogP contribution is 2.22. The molecule has 492 valence electrons. The number of rotatable bonds is 73. The molecule has 0 radical (unpaired) electrons. The smallest absolute Gasteiger partial charge is 0.165 e. The molecule has 0 fully saturated rings. The van der Waals surface area contributed by atoms with Crippen molar-refractivity contribution in [3.05, 3.63) is 29.6 Å². The second-order valence-electron chi connectivity index (χ2n) is 17.8. The number of hydrogen-bond acceptors (Lipinski definition) is 24. The Morgan fingerprint density at radius 1 is 0.241 bits per heavy atom. The van der Waals surface area contributed by atoms with Gasteiger partial charge in [0, 0.05) is 6.61 Å². The molecule has 0 aliphatic rings. The molecule has 0 unspecified atom stereocenters. The standard InChI is InChI=1S/C58H109FO24/c1-4-7-60-8-9-61-10-11-62-12-13-63-14-15-64-16-17-65-18-19-66-20-21-67-22-23-68-24-25-69-26-27-70-28-29-71-30-31-72-32-33-73-34-35-74-36-37-75-38-39-76-40-41-77-42-43-78-44-45-79-46-47-80-48-49-81-50-51-82-52-53-83-58-6-5-56(55(2)3)54-57(58)59/h5-6,54-55H,4,7-53H2,1-3H3. The van der Waals surface area contributed by atoms with Crippen molar-refractivity contribution >= 4 is 0 Å². The lowest BCUT2D eigenvalue weighted by Gasteiger charge is -2.11. The van der Waals surface area contributed by atoms with Crippen molar-refractivity contribution in [1.82, 2.24) is 0 Å². The monoisotopic (exact) mass is 1210 g/mol. The van der Waals surface area contributed by atoms with Gasteiger partial charge in [-0.25, -0.2) is 4.39 Å². The van der Waals surface area contributed by atoms with Gasteiger partial charge in [-0.1, -0.05) is 26.8 Å². The summed E-state index contributed by atoms with van der Waals surface area (Å²) in [7, 11) is 0. The Morgan fingerprint density at radius 2 is 0.398 bits per heavy atom. The van der Waals surface area contributed by atoms with Gasteiger partial charge >= 0.3 is 0 Å². The quantitative estimate of drug-likeness (QED) is 0.0837. The van der Waals surface area contributed by atoms with Gasteiger partial charge in [0.25, 0.3) is 0 Å². The van der Waals surface area contributed by atoms with Crippen LogP contribution in [0.4, 0.5) is 4.39 Å². The molecule has 0 heterocycles. The molecule has 0 bridgehead atoms. The van der Waals surface area contributed by atoms with Crippen molar-refractivity contribution in [3.8, 4) is 5.75 Å². The minimum absolute atomic E-state index is 0.234. The Morgan fingerprint density at radius 3 is 0.542 bits per heavy atom. The third-order valence-corrected chi connectivity index (χ3v) is 10.6. The molecule has 24 nitrogen and oxygen atoms in total. The van der Waals surface area contributed by atoms with Gasteiger partial charge in [0.1, 0.15) is 6.61 Å². The molecule has 0 aliphatic carbocycles. The molecule has 83 heavy (non-hydrogen) atoms. The minimum Gasteiger partial charge on any atom is -0.488 e. The Balaban J connectivity index is 1.60. The van der Waals surface area contributed by atoms with Gasteiger partial charge in [-0.2, -0.15) is 0 Å². The summed E-state index contributed by atoms with van der Waals surface area (Å²) < 4.78 is 146. The zero-order chi connectivity index (χ0) is 59.3. The van der Waals surface area contributed by atoms with Gasteiger partial charge in [0.2, 0.25) is 0 Å². The summed E-state index contributed by atoms with van der Waals surface area (Å²) in [6.07, 6.45) is 1.02. The van der Waals surface area contributed by atoms with Crippen LogP contribution in [0.2, 0.25) is 0 Å². The highest BCUT2D eigenvalue weighted by molar-refractivity contribution is 5.30. The van der Waals surface area contributed by atoms with E-state index in [9.17, 15) is 4.39 Å². The van der Waals surface area contributed by atoms with Gasteiger partial charge in [0.15, 0.2) is 11.6 Å². The Hall–Kier alpha value is -1.97. The maximum absolute atomic E-state index is 14.1. The first-order chi connectivity index (χ1) is 41.1. The summed E-state index contributed by atoms with van der Waals surface area (Å²) in [6, 6.07) is 5.05. The van der Waals surface area contributed by atoms with E-state index < -0.39 is 0 Å². The van der Waals surface area contributed by atoms with E-state index in [0.29, 0.717) is 297 Å². The summed E-state index contributed by atoms with van der Waals surface area (Å²) >= 11 is 0. The average Bonchev–Trinajstić information content (AvgIpc) is 3.58. The van der Waals surface area contributed by atoms with Crippen molar-refractivity contribution in [2.75, 3.05) is 311 Å². The van der Waals surface area contributed by atoms with Crippen LogP contribution < -0.4 is 4.74 Å². The fourth-order valence-electron chi connectivity index (χ4n) is 6.29. The maximum atomic E-state index is 14.1. The molecule has 0 aromatic heterocycles. The first-order valence-corrected chi connectivity index (χ1v) is 29.8. The van der Waals surface area contributed by atoms with Crippen LogP contribution in [0.25, 0.3) is 0 Å². The Bertz CT molecular complexity index is 1380. The third-order valence-electron chi connectivity index (χ3n) is 10.6. The summed E-state index contributed by atoms with van der Waals surface area (Å²) in [5.74, 6) is 0.140. The van der Waals surface area contributed by atoms with Crippen LogP contribution in [0.5, 0.6) is 5.75 Å². The van der Waals surface area contributed by atoms with Crippen molar-refractivity contribution in [1.29, 1.82) is 0 Å². The van der Waals surface area contributed by atoms with Crippen LogP contribution in [-0.4, -0.2) is 311 Å². The first kappa shape index (κ1) is 79.0. The van der Waals surface area contributed by atoms with Gasteiger partial charge < -0.3 is 114 Å². The van der Waals surface area contributed by atoms with Gasteiger partial charge in [-0.15, -0.1) is 0 Å². The van der Waals surface area contributed by atoms with Crippen LogP contribution in [0.15, 0.2) is 18.2 Å². The topological polar surface area (TPSA) is 222 Å². The predicted molar refractivity (Wildman–Crippen MR) is 305 cm³/mol. The third kappa shape index (κ3) is 62.9. The summed E-state index contributed by atoms with van der Waals surface area (Å²) in [5.41, 5.74) is 0.939. The van der Waals surface area contributed by atoms with Crippen LogP contribution in [-0.2, 0) is 109 Å². The Kier molecular flexibility index (Phi) is 65.8. The molecule has 0 N–H and O–H groups in total. The molecule has 0 saturated heterocycles. The van der Waals surface area contributed by atoms with E-state index in [2.05, 4.69) is 6.92 Å². The zero-order valence-electron chi connectivity index (χ0n) is 50.9. The first-order valence-electron chi connectivity index (χ1n) is 29.8. The lowest BCUT2D eigenvalue weighted by atomic mass is 10.0. The van der Waals surface area contributed by atoms with Gasteiger partial charge in [-0.3, -0.25) is 0 Å². The number of benzene rings is 1. The van der Waals surface area contributed by atoms with E-state index in [-0.39, 0.29) is 24.1 Å². The van der Waals surface area contributed by atoms with E-state index in [0.717, 1.165) is 18.6 Å². The molecular weight excluding hydrogens is 1100 g/mol. The second-order valence-corrected chi connectivity index (χ2v) is 17.8. The predicted octanol–water partition coefficient (Wildman–Crippen LogP) is 4.12. The lowest BCUT2D eigenvalue weighted by Crippen LogP contribution is -2.16. The molecule has 1 aromatic rings. The minimum atomic E-state index is -0.357. The Labute approximate surface area is 495 Å². The van der Waals surface area contributed by atoms with Crippen LogP contribution in [0.1, 0.15) is 38.7 Å². The number of halogens is 1. The van der Waals surface area contributed by atoms with Crippen LogP contribution >= 0.6 is 0 Å². The van der Waals surface area contributed by atoms with E-state index in [4.69, 9.17) is 114 Å². The average molecular weight is 1210 g/mol. The largest absolute Gasteiger partial charge is 0.488 e. The van der Waals surface area contributed by atoms with E-state index in [1.807, 2.05) is 19.9 Å². The van der Waals surface area contributed by atoms with E-state index >= 15 is 0 Å². The SMILES string of the molecule is CCCOCCOCCOCCOCCOCCOCCOCCOCCOCCOCCOCCOCCOCCOCCOCCOCCOCCOCCOCCOCCOCCOCCOCCOc1ccc(C(C)C)cc1F. The molecule has 1 rings (SSSR count). The highest BCUT2D eigenvalue weighted by atomic mass is 19.1. The molecular formula is C58H109FO24. The molecule has 0 saturated carbocycles. The summed E-state index contributed by atoms with van der Waals surface area (Å²) in [5, 5.41) is 0. The van der Waals surface area contributed by atoms with E-state index in [1.54, 1.807) is 6.07 Å². The van der Waals surface area contributed by atoms with Crippen LogP contribution in [0.3, 0.4) is 0 Å². The maximum Gasteiger partial charge on any atom is 0.165 e. The number of ether oxygens (including phenoxy) is 24. The fraction of sp³-hybridized carbons (Fsp3) is 0.897. The molecule has 0 atom stereocenters. The van der Waals surface area contributed by atoms with Crippen LogP contribution in [0, 0.1) is 5.82 Å². The summed E-state index contributed by atoms with van der Waals surface area (Å²) in [6.45, 7) is 29.2. The van der Waals surface area contributed by atoms with Gasteiger partial charge in [-0.05, 0) is 30.0 Å². The van der Waals surface area contributed by atoms with Gasteiger partial charge in [0.05, 0.1) is 297 Å². The molecule has 25 heteroatoms. The second kappa shape index (κ2) is 69.1. The fourth-order valence-corrected chi connectivity index (χ4v) is 6.29. The van der Waals surface area contributed by atoms with E-state index in [1.165, 1.54) is 6.07 Å². The highest BCUT2D eigenvalue weighted by Gasteiger charge is 2.08. The van der Waals surface area contributed by atoms with Crippen molar-refractivity contribution < 1.29 is 118 Å². The normalized spacial score (nSPS) is 11.8. The number of hydrogen-bond donors (Lipinski definition) is 0. The molecule has 0 spiro atoms. The molecule has 0 amide bonds. The van der Waals surface area contributed by atoms with Crippen molar-refractivity contribution in [3.63, 3.8) is 0 Å². The summed E-state index contributed by atoms with van der Waals surface area (Å²) in [4.78, 5) is 0.